The topological polar surface area (TPSA) is 62.4 Å². The molecule has 1 aliphatic carbocycles. The molecule has 2 atom stereocenters. The molecule has 3 N–H and O–H groups in total. The summed E-state index contributed by atoms with van der Waals surface area (Å²) in [5.74, 6) is 0. The molecule has 128 valence electrons. The first-order valence-electron chi connectivity index (χ1n) is 8.83. The number of hydrogen-bond donors (Lipinski definition) is 2. The number of anilines is 1. The van der Waals surface area contributed by atoms with E-state index in [1.165, 1.54) is 10.3 Å². The molecule has 5 heteroatoms. The van der Waals surface area contributed by atoms with Gasteiger partial charge >= 0.3 is 0 Å². The molecule has 2 aromatic carbocycles. The Morgan fingerprint density at radius 2 is 1.80 bits per heavy atom. The van der Waals surface area contributed by atoms with Gasteiger partial charge in [0.25, 0.3) is 0 Å². The highest BCUT2D eigenvalue weighted by molar-refractivity contribution is 7.22. The summed E-state index contributed by atoms with van der Waals surface area (Å²) >= 11 is 1.75. The number of aromatic nitrogens is 1. The molecule has 0 unspecified atom stereocenters. The second-order valence-electron chi connectivity index (χ2n) is 7.17. The summed E-state index contributed by atoms with van der Waals surface area (Å²) in [6.45, 7) is 1.80. The van der Waals surface area contributed by atoms with E-state index >= 15 is 0 Å². The van der Waals surface area contributed by atoms with Gasteiger partial charge in [-0.05, 0) is 36.1 Å². The maximum absolute atomic E-state index is 10.9. The normalized spacial score (nSPS) is 24.8. The summed E-state index contributed by atoms with van der Waals surface area (Å²) in [6.07, 6.45) is 1.33. The maximum Gasteiger partial charge on any atom is 0.186 e. The summed E-state index contributed by atoms with van der Waals surface area (Å²) in [5.41, 5.74) is 9.54. The van der Waals surface area contributed by atoms with Crippen molar-refractivity contribution in [1.82, 2.24) is 4.98 Å². The van der Waals surface area contributed by atoms with E-state index in [1.807, 2.05) is 12.1 Å². The molecule has 1 saturated heterocycles. The first kappa shape index (κ1) is 15.3. The Labute approximate surface area is 150 Å². The quantitative estimate of drug-likeness (QED) is 0.707. The number of rotatable bonds is 1. The predicted octanol–water partition coefficient (Wildman–Crippen LogP) is 3.21. The molecular formula is C20H21N3OS. The van der Waals surface area contributed by atoms with Crippen LogP contribution in [0.1, 0.15) is 30.0 Å². The number of nitrogens with zero attached hydrogens (tertiary/aromatic N) is 2. The van der Waals surface area contributed by atoms with Gasteiger partial charge in [-0.15, -0.1) is 0 Å². The van der Waals surface area contributed by atoms with Crippen molar-refractivity contribution in [2.75, 3.05) is 18.0 Å². The van der Waals surface area contributed by atoms with E-state index in [9.17, 15) is 5.11 Å². The minimum absolute atomic E-state index is 0.205. The zero-order valence-electron chi connectivity index (χ0n) is 13.9. The third kappa shape index (κ3) is 2.16. The van der Waals surface area contributed by atoms with Crippen LogP contribution < -0.4 is 10.6 Å². The Morgan fingerprint density at radius 3 is 2.60 bits per heavy atom. The molecule has 0 amide bonds. The number of hydrogen-bond acceptors (Lipinski definition) is 5. The van der Waals surface area contributed by atoms with Gasteiger partial charge in [0.1, 0.15) is 0 Å². The number of para-hydroxylation sites is 1. The molecule has 0 radical (unpaired) electrons. The lowest BCUT2D eigenvalue weighted by atomic mass is 9.72. The van der Waals surface area contributed by atoms with Crippen LogP contribution in [0.5, 0.6) is 0 Å². The van der Waals surface area contributed by atoms with E-state index in [2.05, 4.69) is 41.3 Å². The second-order valence-corrected chi connectivity index (χ2v) is 8.17. The fraction of sp³-hybridized carbons (Fsp3) is 0.350. The van der Waals surface area contributed by atoms with E-state index in [1.54, 1.807) is 11.3 Å². The Hall–Kier alpha value is -1.95. The van der Waals surface area contributed by atoms with Crippen molar-refractivity contribution in [2.24, 2.45) is 5.73 Å². The summed E-state index contributed by atoms with van der Waals surface area (Å²) in [6, 6.07) is 16.3. The molecule has 2 aliphatic rings. The molecule has 5 rings (SSSR count). The van der Waals surface area contributed by atoms with Crippen molar-refractivity contribution < 1.29 is 5.11 Å². The molecule has 1 fully saturated rings. The van der Waals surface area contributed by atoms with Gasteiger partial charge in [-0.1, -0.05) is 47.7 Å². The molecular weight excluding hydrogens is 330 g/mol. The van der Waals surface area contributed by atoms with Gasteiger partial charge in [0.15, 0.2) is 5.13 Å². The zero-order chi connectivity index (χ0) is 17.0. The summed E-state index contributed by atoms with van der Waals surface area (Å²) in [7, 11) is 0. The summed E-state index contributed by atoms with van der Waals surface area (Å²) < 4.78 is 1.23. The fourth-order valence-electron chi connectivity index (χ4n) is 4.57. The van der Waals surface area contributed by atoms with Crippen molar-refractivity contribution in [1.29, 1.82) is 0 Å². The molecule has 0 bridgehead atoms. The van der Waals surface area contributed by atoms with E-state index in [-0.39, 0.29) is 11.5 Å². The standard InChI is InChI=1S/C20H21N3OS/c21-17-13-5-1-2-6-14(13)20(18(17)24)9-11-23(12-10-20)19-22-15-7-3-4-8-16(15)25-19/h1-8,17-18,24H,9-12,21H2/t17-,18+/m0/s1. The molecule has 2 heterocycles. The third-order valence-corrected chi connectivity index (χ3v) is 7.07. The van der Waals surface area contributed by atoms with Crippen LogP contribution >= 0.6 is 11.3 Å². The van der Waals surface area contributed by atoms with Crippen LogP contribution in [0.25, 0.3) is 10.2 Å². The number of benzene rings is 2. The Kier molecular flexibility index (Phi) is 3.39. The average Bonchev–Trinajstić information content (AvgIpc) is 3.18. The third-order valence-electron chi connectivity index (χ3n) is 5.97. The molecule has 1 aliphatic heterocycles. The van der Waals surface area contributed by atoms with Crippen LogP contribution in [-0.4, -0.2) is 29.3 Å². The van der Waals surface area contributed by atoms with Gasteiger partial charge < -0.3 is 15.7 Å². The van der Waals surface area contributed by atoms with Crippen LogP contribution in [0.4, 0.5) is 5.13 Å². The number of nitrogens with two attached hydrogens (primary N) is 1. The van der Waals surface area contributed by atoms with E-state index in [0.717, 1.165) is 42.1 Å². The van der Waals surface area contributed by atoms with Crippen LogP contribution in [-0.2, 0) is 5.41 Å². The predicted molar refractivity (Wildman–Crippen MR) is 102 cm³/mol. The van der Waals surface area contributed by atoms with Gasteiger partial charge in [-0.25, -0.2) is 4.98 Å². The largest absolute Gasteiger partial charge is 0.390 e. The number of aliphatic hydroxyl groups is 1. The first-order chi connectivity index (χ1) is 12.2. The highest BCUT2D eigenvalue weighted by Crippen LogP contribution is 2.50. The maximum atomic E-state index is 10.9. The molecule has 3 aromatic rings. The lowest BCUT2D eigenvalue weighted by Gasteiger charge is -2.42. The smallest absolute Gasteiger partial charge is 0.186 e. The van der Waals surface area contributed by atoms with Crippen molar-refractivity contribution in [3.63, 3.8) is 0 Å². The Balaban J connectivity index is 1.44. The van der Waals surface area contributed by atoms with Crippen molar-refractivity contribution >= 4 is 26.7 Å². The summed E-state index contributed by atoms with van der Waals surface area (Å²) in [5, 5.41) is 12.0. The zero-order valence-corrected chi connectivity index (χ0v) is 14.7. The van der Waals surface area contributed by atoms with Gasteiger partial charge in [0.2, 0.25) is 0 Å². The fourth-order valence-corrected chi connectivity index (χ4v) is 5.59. The molecule has 1 spiro atoms. The first-order valence-corrected chi connectivity index (χ1v) is 9.64. The van der Waals surface area contributed by atoms with Crippen LogP contribution in [0.3, 0.4) is 0 Å². The molecule has 25 heavy (non-hydrogen) atoms. The highest BCUT2D eigenvalue weighted by atomic mass is 32.1. The van der Waals surface area contributed by atoms with Crippen LogP contribution in [0.2, 0.25) is 0 Å². The molecule has 0 saturated carbocycles. The van der Waals surface area contributed by atoms with Gasteiger partial charge in [0.05, 0.1) is 22.4 Å². The van der Waals surface area contributed by atoms with E-state index < -0.39 is 6.10 Å². The highest BCUT2D eigenvalue weighted by Gasteiger charge is 2.51. The van der Waals surface area contributed by atoms with Crippen molar-refractivity contribution in [3.8, 4) is 0 Å². The Morgan fingerprint density at radius 1 is 1.08 bits per heavy atom. The van der Waals surface area contributed by atoms with Crippen molar-refractivity contribution in [2.45, 2.75) is 30.4 Å². The van der Waals surface area contributed by atoms with E-state index in [0.29, 0.717) is 0 Å². The number of fused-ring (bicyclic) bond motifs is 3. The van der Waals surface area contributed by atoms with Crippen LogP contribution in [0, 0.1) is 0 Å². The number of aliphatic hydroxyl groups excluding tert-OH is 1. The van der Waals surface area contributed by atoms with Gasteiger partial charge in [0, 0.05) is 18.5 Å². The molecule has 4 nitrogen and oxygen atoms in total. The lowest BCUT2D eigenvalue weighted by molar-refractivity contribution is 0.0583. The van der Waals surface area contributed by atoms with Crippen LogP contribution in [0.15, 0.2) is 48.5 Å². The van der Waals surface area contributed by atoms with Gasteiger partial charge in [-0.2, -0.15) is 0 Å². The second kappa shape index (κ2) is 5.53. The Bertz CT molecular complexity index is 896. The van der Waals surface area contributed by atoms with Crippen molar-refractivity contribution in [3.05, 3.63) is 59.7 Å². The number of piperidine rings is 1. The average molecular weight is 351 g/mol. The summed E-state index contributed by atoms with van der Waals surface area (Å²) in [4.78, 5) is 7.14. The minimum atomic E-state index is -0.498. The van der Waals surface area contributed by atoms with Gasteiger partial charge in [-0.3, -0.25) is 0 Å². The monoisotopic (exact) mass is 351 g/mol. The lowest BCUT2D eigenvalue weighted by Crippen LogP contribution is -2.48. The minimum Gasteiger partial charge on any atom is -0.390 e. The number of thiazole rings is 1. The molecule has 1 aromatic heterocycles. The SMILES string of the molecule is N[C@H]1c2ccccc2C2(CCN(c3nc4ccccc4s3)CC2)[C@@H]1O. The van der Waals surface area contributed by atoms with E-state index in [4.69, 9.17) is 10.7 Å².